The lowest BCUT2D eigenvalue weighted by Gasteiger charge is -2.15. The van der Waals surface area contributed by atoms with Gasteiger partial charge >= 0.3 is 0 Å². The van der Waals surface area contributed by atoms with Crippen LogP contribution in [0.25, 0.3) is 10.9 Å². The number of halogens is 1. The molecule has 1 aliphatic rings. The molecule has 0 saturated heterocycles. The van der Waals surface area contributed by atoms with E-state index in [9.17, 15) is 4.39 Å². The predicted molar refractivity (Wildman–Crippen MR) is 77.3 cm³/mol. The first-order chi connectivity index (χ1) is 9.72. The Hall–Kier alpha value is -1.88. The summed E-state index contributed by atoms with van der Waals surface area (Å²) < 4.78 is 18.9. The molecule has 20 heavy (non-hydrogen) atoms. The number of rotatable bonds is 3. The van der Waals surface area contributed by atoms with Gasteiger partial charge in [0.25, 0.3) is 0 Å². The Kier molecular flexibility index (Phi) is 3.44. The molecule has 4 nitrogen and oxygen atoms in total. The van der Waals surface area contributed by atoms with E-state index in [-0.39, 0.29) is 5.82 Å². The molecule has 1 heterocycles. The number of anilines is 1. The molecule has 0 atom stereocenters. The second kappa shape index (κ2) is 5.25. The van der Waals surface area contributed by atoms with Crippen LogP contribution in [0.3, 0.4) is 0 Å². The molecule has 1 saturated carbocycles. The van der Waals surface area contributed by atoms with Gasteiger partial charge in [-0.1, -0.05) is 12.8 Å². The number of hydrogen-bond donors (Lipinski definition) is 2. The molecule has 0 spiro atoms. The summed E-state index contributed by atoms with van der Waals surface area (Å²) in [5, 5.41) is 0.645. The maximum Gasteiger partial charge on any atom is 0.148 e. The summed E-state index contributed by atoms with van der Waals surface area (Å²) in [5.41, 5.74) is 5.01. The fraction of sp³-hybridized carbons (Fsp3) is 0.400. The molecule has 5 heteroatoms. The van der Waals surface area contributed by atoms with Gasteiger partial charge in [-0.15, -0.1) is 0 Å². The maximum atomic E-state index is 13.6. The third-order valence-electron chi connectivity index (χ3n) is 4.01. The summed E-state index contributed by atoms with van der Waals surface area (Å²) in [4.78, 5) is 4.69. The Bertz CT molecular complexity index is 639. The maximum absolute atomic E-state index is 13.6. The minimum absolute atomic E-state index is 0.360. The van der Waals surface area contributed by atoms with Crippen molar-refractivity contribution in [2.75, 3.05) is 12.5 Å². The van der Waals surface area contributed by atoms with Crippen LogP contribution < -0.4 is 16.0 Å². The number of nitrogens with two attached hydrogens (primary N) is 1. The molecule has 0 unspecified atom stereocenters. The second-order valence-electron chi connectivity index (χ2n) is 5.22. The molecule has 1 aliphatic carbocycles. The Labute approximate surface area is 117 Å². The Morgan fingerprint density at radius 3 is 2.70 bits per heavy atom. The largest absolute Gasteiger partial charge is 0.494 e. The van der Waals surface area contributed by atoms with E-state index in [0.29, 0.717) is 28.3 Å². The quantitative estimate of drug-likeness (QED) is 0.666. The number of hydrazine groups is 1. The van der Waals surface area contributed by atoms with E-state index in [1.54, 1.807) is 0 Å². The van der Waals surface area contributed by atoms with Gasteiger partial charge in [-0.2, -0.15) is 0 Å². The number of nitrogens with one attached hydrogen (secondary N) is 1. The Morgan fingerprint density at radius 2 is 2.05 bits per heavy atom. The summed E-state index contributed by atoms with van der Waals surface area (Å²) in [7, 11) is 1.52. The highest BCUT2D eigenvalue weighted by molar-refractivity contribution is 5.95. The molecule has 0 aliphatic heterocycles. The van der Waals surface area contributed by atoms with Crippen LogP contribution >= 0.6 is 0 Å². The third-order valence-corrected chi connectivity index (χ3v) is 4.01. The summed E-state index contributed by atoms with van der Waals surface area (Å²) in [6.45, 7) is 0. The van der Waals surface area contributed by atoms with Crippen molar-refractivity contribution >= 4 is 16.6 Å². The lowest BCUT2D eigenvalue weighted by atomic mass is 10.0. The van der Waals surface area contributed by atoms with E-state index in [1.165, 1.54) is 32.1 Å². The minimum atomic E-state index is -0.360. The van der Waals surface area contributed by atoms with Crippen molar-refractivity contribution in [1.29, 1.82) is 0 Å². The first-order valence-corrected chi connectivity index (χ1v) is 6.87. The number of methoxy groups -OCH3 is 1. The van der Waals surface area contributed by atoms with Gasteiger partial charge in [-0.3, -0.25) is 5.84 Å². The van der Waals surface area contributed by atoms with E-state index in [2.05, 4.69) is 5.43 Å². The normalized spacial score (nSPS) is 15.8. The number of hydrogen-bond acceptors (Lipinski definition) is 4. The van der Waals surface area contributed by atoms with Gasteiger partial charge in [0.15, 0.2) is 0 Å². The SMILES string of the molecule is COc1cc(F)cc2c(NN)cc(C3CCCC3)nc12. The lowest BCUT2D eigenvalue weighted by molar-refractivity contribution is 0.415. The molecule has 1 aromatic carbocycles. The first kappa shape index (κ1) is 13.1. The summed E-state index contributed by atoms with van der Waals surface area (Å²) in [6, 6.07) is 4.71. The molecular formula is C15H18FN3O. The van der Waals surface area contributed by atoms with Gasteiger partial charge in [0.1, 0.15) is 17.1 Å². The molecule has 106 valence electrons. The smallest absolute Gasteiger partial charge is 0.148 e. The first-order valence-electron chi connectivity index (χ1n) is 6.87. The fourth-order valence-electron chi connectivity index (χ4n) is 2.99. The van der Waals surface area contributed by atoms with Crippen molar-refractivity contribution in [3.8, 4) is 5.75 Å². The topological polar surface area (TPSA) is 60.2 Å². The second-order valence-corrected chi connectivity index (χ2v) is 5.22. The van der Waals surface area contributed by atoms with Crippen LogP contribution in [0.1, 0.15) is 37.3 Å². The van der Waals surface area contributed by atoms with E-state index in [0.717, 1.165) is 18.5 Å². The minimum Gasteiger partial charge on any atom is -0.494 e. The van der Waals surface area contributed by atoms with E-state index in [1.807, 2.05) is 6.07 Å². The molecular weight excluding hydrogens is 257 g/mol. The molecule has 3 N–H and O–H groups in total. The summed E-state index contributed by atoms with van der Waals surface area (Å²) >= 11 is 0. The number of aromatic nitrogens is 1. The van der Waals surface area contributed by atoms with Gasteiger partial charge in [-0.05, 0) is 25.0 Å². The molecule has 0 bridgehead atoms. The van der Waals surface area contributed by atoms with Crippen LogP contribution in [0.4, 0.5) is 10.1 Å². The number of pyridine rings is 1. The highest BCUT2D eigenvalue weighted by atomic mass is 19.1. The monoisotopic (exact) mass is 275 g/mol. The Morgan fingerprint density at radius 1 is 1.30 bits per heavy atom. The lowest BCUT2D eigenvalue weighted by Crippen LogP contribution is -2.09. The predicted octanol–water partition coefficient (Wildman–Crippen LogP) is 3.33. The van der Waals surface area contributed by atoms with Gasteiger partial charge < -0.3 is 10.2 Å². The van der Waals surface area contributed by atoms with Crippen LogP contribution in [0.2, 0.25) is 0 Å². The molecule has 0 amide bonds. The average Bonchev–Trinajstić information content (AvgIpc) is 2.99. The number of benzene rings is 1. The molecule has 1 aromatic heterocycles. The summed E-state index contributed by atoms with van der Waals surface area (Å²) in [6.07, 6.45) is 4.75. The molecule has 2 aromatic rings. The van der Waals surface area contributed by atoms with Gasteiger partial charge in [0.05, 0.1) is 12.8 Å². The average molecular weight is 275 g/mol. The van der Waals surface area contributed by atoms with Gasteiger partial charge in [0.2, 0.25) is 0 Å². The van der Waals surface area contributed by atoms with E-state index in [4.69, 9.17) is 15.6 Å². The highest BCUT2D eigenvalue weighted by Crippen LogP contribution is 2.38. The van der Waals surface area contributed by atoms with Crippen molar-refractivity contribution in [3.63, 3.8) is 0 Å². The third kappa shape index (κ3) is 2.18. The zero-order valence-electron chi connectivity index (χ0n) is 11.4. The molecule has 1 fully saturated rings. The number of nitrogens with zero attached hydrogens (tertiary/aromatic N) is 1. The van der Waals surface area contributed by atoms with Gasteiger partial charge in [-0.25, -0.2) is 9.37 Å². The van der Waals surface area contributed by atoms with Crippen molar-refractivity contribution in [2.24, 2.45) is 5.84 Å². The van der Waals surface area contributed by atoms with Crippen molar-refractivity contribution in [1.82, 2.24) is 4.98 Å². The number of nitrogen functional groups attached to an aromatic ring is 1. The summed E-state index contributed by atoms with van der Waals surface area (Å²) in [5.74, 6) is 6.12. The standard InChI is InChI=1S/C15H18FN3O/c1-20-14-7-10(16)6-11-13(19-17)8-12(18-15(11)14)9-4-2-3-5-9/h6-9H,2-5,17H2,1H3,(H,18,19). The molecule has 0 radical (unpaired) electrons. The fourth-order valence-corrected chi connectivity index (χ4v) is 2.99. The van der Waals surface area contributed by atoms with Crippen LogP contribution in [0.5, 0.6) is 5.75 Å². The van der Waals surface area contributed by atoms with Crippen LogP contribution in [0.15, 0.2) is 18.2 Å². The zero-order valence-corrected chi connectivity index (χ0v) is 11.4. The molecule has 3 rings (SSSR count). The van der Waals surface area contributed by atoms with E-state index < -0.39 is 0 Å². The number of ether oxygens (including phenoxy) is 1. The van der Waals surface area contributed by atoms with Crippen LogP contribution in [-0.2, 0) is 0 Å². The highest BCUT2D eigenvalue weighted by Gasteiger charge is 2.21. The van der Waals surface area contributed by atoms with Gasteiger partial charge in [0, 0.05) is 23.1 Å². The van der Waals surface area contributed by atoms with Crippen molar-refractivity contribution < 1.29 is 9.13 Å². The Balaban J connectivity index is 2.22. The number of fused-ring (bicyclic) bond motifs is 1. The van der Waals surface area contributed by atoms with Crippen LogP contribution in [0, 0.1) is 5.82 Å². The van der Waals surface area contributed by atoms with Crippen LogP contribution in [-0.4, -0.2) is 12.1 Å². The van der Waals surface area contributed by atoms with Crippen molar-refractivity contribution in [3.05, 3.63) is 29.7 Å². The van der Waals surface area contributed by atoms with Crippen molar-refractivity contribution in [2.45, 2.75) is 31.6 Å². The zero-order chi connectivity index (χ0) is 14.1. The van der Waals surface area contributed by atoms with E-state index >= 15 is 0 Å².